The first kappa shape index (κ1) is 14.3. The van der Waals surface area contributed by atoms with Crippen LogP contribution in [0.3, 0.4) is 0 Å². The van der Waals surface area contributed by atoms with Crippen molar-refractivity contribution in [3.05, 3.63) is 68.5 Å². The number of rotatable bonds is 4. The van der Waals surface area contributed by atoms with Gasteiger partial charge in [-0.1, -0.05) is 23.7 Å². The first-order valence-corrected chi connectivity index (χ1v) is 6.28. The monoisotopic (exact) mass is 294 g/mol. The SMILES string of the molecule is Cc1c(CNc2ccc(Cl)c(F)c2)cccc1[N+](=O)[O-]. The number of nitro benzene ring substituents is 1. The third-order valence-electron chi connectivity index (χ3n) is 3.02. The van der Waals surface area contributed by atoms with Gasteiger partial charge in [0.15, 0.2) is 0 Å². The summed E-state index contributed by atoms with van der Waals surface area (Å²) >= 11 is 5.60. The fourth-order valence-corrected chi connectivity index (χ4v) is 1.98. The van der Waals surface area contributed by atoms with Crippen molar-refractivity contribution >= 4 is 23.0 Å². The van der Waals surface area contributed by atoms with Crippen LogP contribution in [0.15, 0.2) is 36.4 Å². The van der Waals surface area contributed by atoms with Crippen molar-refractivity contribution in [2.75, 3.05) is 5.32 Å². The van der Waals surface area contributed by atoms with Gasteiger partial charge in [-0.25, -0.2) is 4.39 Å². The van der Waals surface area contributed by atoms with E-state index < -0.39 is 10.7 Å². The molecule has 104 valence electrons. The van der Waals surface area contributed by atoms with Gasteiger partial charge in [-0.2, -0.15) is 0 Å². The van der Waals surface area contributed by atoms with Crippen LogP contribution in [-0.2, 0) is 6.54 Å². The summed E-state index contributed by atoms with van der Waals surface area (Å²) < 4.78 is 13.3. The highest BCUT2D eigenvalue weighted by Crippen LogP contribution is 2.23. The Bertz CT molecular complexity index is 662. The van der Waals surface area contributed by atoms with E-state index in [0.29, 0.717) is 17.8 Å². The molecule has 0 aromatic heterocycles. The van der Waals surface area contributed by atoms with E-state index in [1.165, 1.54) is 18.2 Å². The highest BCUT2D eigenvalue weighted by atomic mass is 35.5. The lowest BCUT2D eigenvalue weighted by atomic mass is 10.1. The molecule has 0 saturated carbocycles. The third-order valence-corrected chi connectivity index (χ3v) is 3.32. The average molecular weight is 295 g/mol. The highest BCUT2D eigenvalue weighted by molar-refractivity contribution is 6.30. The summed E-state index contributed by atoms with van der Waals surface area (Å²) in [6.07, 6.45) is 0. The maximum atomic E-state index is 13.3. The van der Waals surface area contributed by atoms with Crippen molar-refractivity contribution in [2.24, 2.45) is 0 Å². The van der Waals surface area contributed by atoms with Gasteiger partial charge in [-0.3, -0.25) is 10.1 Å². The lowest BCUT2D eigenvalue weighted by Crippen LogP contribution is -2.03. The second-order valence-electron chi connectivity index (χ2n) is 4.30. The van der Waals surface area contributed by atoms with E-state index in [1.54, 1.807) is 25.1 Å². The van der Waals surface area contributed by atoms with Gasteiger partial charge in [0.05, 0.1) is 9.95 Å². The molecule has 0 aliphatic carbocycles. The zero-order chi connectivity index (χ0) is 14.7. The van der Waals surface area contributed by atoms with E-state index in [1.807, 2.05) is 0 Å². The number of hydrogen-bond acceptors (Lipinski definition) is 3. The smallest absolute Gasteiger partial charge is 0.272 e. The van der Waals surface area contributed by atoms with E-state index >= 15 is 0 Å². The molecule has 0 atom stereocenters. The van der Waals surface area contributed by atoms with Gasteiger partial charge in [0.25, 0.3) is 5.69 Å². The van der Waals surface area contributed by atoms with Crippen LogP contribution < -0.4 is 5.32 Å². The van der Waals surface area contributed by atoms with Crippen LogP contribution in [0, 0.1) is 22.9 Å². The predicted molar refractivity (Wildman–Crippen MR) is 76.6 cm³/mol. The molecule has 0 heterocycles. The Kier molecular flexibility index (Phi) is 4.20. The van der Waals surface area contributed by atoms with Crippen LogP contribution in [0.2, 0.25) is 5.02 Å². The Morgan fingerprint density at radius 2 is 2.10 bits per heavy atom. The van der Waals surface area contributed by atoms with E-state index in [-0.39, 0.29) is 10.7 Å². The molecule has 1 N–H and O–H groups in total. The number of hydrogen-bond donors (Lipinski definition) is 1. The van der Waals surface area contributed by atoms with Crippen LogP contribution in [-0.4, -0.2) is 4.92 Å². The number of benzene rings is 2. The van der Waals surface area contributed by atoms with E-state index in [0.717, 1.165) is 5.56 Å². The second-order valence-corrected chi connectivity index (χ2v) is 4.71. The van der Waals surface area contributed by atoms with Gasteiger partial charge in [-0.15, -0.1) is 0 Å². The maximum absolute atomic E-state index is 13.3. The summed E-state index contributed by atoms with van der Waals surface area (Å²) in [6, 6.07) is 9.28. The second kappa shape index (κ2) is 5.88. The molecule has 0 aliphatic rings. The summed E-state index contributed by atoms with van der Waals surface area (Å²) in [5.74, 6) is -0.507. The molecule has 6 heteroatoms. The molecule has 0 bridgehead atoms. The fourth-order valence-electron chi connectivity index (χ4n) is 1.86. The van der Waals surface area contributed by atoms with Crippen molar-refractivity contribution in [3.63, 3.8) is 0 Å². The number of halogens is 2. The average Bonchev–Trinajstić information content (AvgIpc) is 2.41. The summed E-state index contributed by atoms with van der Waals surface area (Å²) in [5.41, 5.74) is 2.03. The van der Waals surface area contributed by atoms with Crippen LogP contribution in [0.5, 0.6) is 0 Å². The first-order valence-electron chi connectivity index (χ1n) is 5.91. The molecule has 0 aliphatic heterocycles. The lowest BCUT2D eigenvalue weighted by Gasteiger charge is -2.09. The van der Waals surface area contributed by atoms with Crippen molar-refractivity contribution < 1.29 is 9.31 Å². The van der Waals surface area contributed by atoms with Gasteiger partial charge in [0, 0.05) is 23.9 Å². The minimum absolute atomic E-state index is 0.0575. The number of anilines is 1. The van der Waals surface area contributed by atoms with Crippen molar-refractivity contribution in [2.45, 2.75) is 13.5 Å². The molecule has 20 heavy (non-hydrogen) atoms. The predicted octanol–water partition coefficient (Wildman–Crippen LogP) is 4.31. The largest absolute Gasteiger partial charge is 0.381 e. The van der Waals surface area contributed by atoms with Crippen molar-refractivity contribution in [1.82, 2.24) is 0 Å². The molecular formula is C14H12ClFN2O2. The normalized spacial score (nSPS) is 10.3. The van der Waals surface area contributed by atoms with Crippen LogP contribution in [0.25, 0.3) is 0 Å². The molecule has 0 spiro atoms. The molecule has 0 unspecified atom stereocenters. The van der Waals surface area contributed by atoms with E-state index in [9.17, 15) is 14.5 Å². The molecule has 2 aromatic rings. The van der Waals surface area contributed by atoms with Gasteiger partial charge in [0.2, 0.25) is 0 Å². The summed E-state index contributed by atoms with van der Waals surface area (Å²) in [7, 11) is 0. The molecule has 4 nitrogen and oxygen atoms in total. The van der Waals surface area contributed by atoms with Gasteiger partial charge in [-0.05, 0) is 30.7 Å². The van der Waals surface area contributed by atoms with E-state index in [4.69, 9.17) is 11.6 Å². The van der Waals surface area contributed by atoms with E-state index in [2.05, 4.69) is 5.32 Å². The minimum atomic E-state index is -0.507. The Balaban J connectivity index is 2.17. The first-order chi connectivity index (χ1) is 9.49. The lowest BCUT2D eigenvalue weighted by molar-refractivity contribution is -0.385. The Morgan fingerprint density at radius 1 is 1.35 bits per heavy atom. The number of nitrogens with zero attached hydrogens (tertiary/aromatic N) is 1. The van der Waals surface area contributed by atoms with Gasteiger partial charge in [0.1, 0.15) is 5.82 Å². The molecule has 2 rings (SSSR count). The fraction of sp³-hybridized carbons (Fsp3) is 0.143. The topological polar surface area (TPSA) is 55.2 Å². The van der Waals surface area contributed by atoms with Crippen LogP contribution in [0.4, 0.5) is 15.8 Å². The van der Waals surface area contributed by atoms with Crippen LogP contribution >= 0.6 is 11.6 Å². The van der Waals surface area contributed by atoms with Crippen molar-refractivity contribution in [3.8, 4) is 0 Å². The van der Waals surface area contributed by atoms with Crippen LogP contribution in [0.1, 0.15) is 11.1 Å². The maximum Gasteiger partial charge on any atom is 0.272 e. The van der Waals surface area contributed by atoms with Gasteiger partial charge < -0.3 is 5.32 Å². The molecule has 0 amide bonds. The minimum Gasteiger partial charge on any atom is -0.381 e. The Hall–Kier alpha value is -2.14. The third kappa shape index (κ3) is 3.05. The Morgan fingerprint density at radius 3 is 2.75 bits per heavy atom. The quantitative estimate of drug-likeness (QED) is 0.675. The number of nitro groups is 1. The highest BCUT2D eigenvalue weighted by Gasteiger charge is 2.12. The van der Waals surface area contributed by atoms with Gasteiger partial charge >= 0.3 is 0 Å². The molecular weight excluding hydrogens is 283 g/mol. The van der Waals surface area contributed by atoms with Crippen molar-refractivity contribution in [1.29, 1.82) is 0 Å². The molecule has 0 radical (unpaired) electrons. The number of nitrogens with one attached hydrogen (secondary N) is 1. The summed E-state index contributed by atoms with van der Waals surface area (Å²) in [5, 5.41) is 13.9. The summed E-state index contributed by atoms with van der Waals surface area (Å²) in [4.78, 5) is 10.4. The zero-order valence-corrected chi connectivity index (χ0v) is 11.4. The Labute approximate surface area is 120 Å². The molecule has 2 aromatic carbocycles. The zero-order valence-electron chi connectivity index (χ0n) is 10.7. The standard InChI is InChI=1S/C14H12ClFN2O2/c1-9-10(3-2-4-14(9)18(19)20)8-17-11-5-6-12(15)13(16)7-11/h2-7,17H,8H2,1H3. The molecule has 0 fully saturated rings. The molecule has 0 saturated heterocycles. The summed E-state index contributed by atoms with van der Waals surface area (Å²) in [6.45, 7) is 2.06.